The molecule has 21 heavy (non-hydrogen) atoms. The quantitative estimate of drug-likeness (QED) is 0.875. The molecule has 0 amide bonds. The SMILES string of the molecule is COC1(c2nc(C)c(CCNC(C)C)c(C)n2)CCCC1. The molecule has 0 aliphatic heterocycles. The molecule has 0 unspecified atom stereocenters. The number of hydrogen-bond donors (Lipinski definition) is 1. The van der Waals surface area contributed by atoms with Gasteiger partial charge in [-0.15, -0.1) is 0 Å². The second-order valence-corrected chi connectivity index (χ2v) is 6.46. The summed E-state index contributed by atoms with van der Waals surface area (Å²) in [6.45, 7) is 9.50. The molecule has 0 aromatic carbocycles. The average molecular weight is 291 g/mol. The van der Waals surface area contributed by atoms with E-state index in [1.54, 1.807) is 7.11 Å². The van der Waals surface area contributed by atoms with Gasteiger partial charge in [0.25, 0.3) is 0 Å². The fourth-order valence-corrected chi connectivity index (χ4v) is 3.26. The molecule has 4 heteroatoms. The lowest BCUT2D eigenvalue weighted by Gasteiger charge is -2.27. The average Bonchev–Trinajstić information content (AvgIpc) is 2.91. The van der Waals surface area contributed by atoms with Crippen LogP contribution in [-0.2, 0) is 16.8 Å². The number of nitrogens with zero attached hydrogens (tertiary/aromatic N) is 2. The van der Waals surface area contributed by atoms with Gasteiger partial charge in [-0.3, -0.25) is 0 Å². The van der Waals surface area contributed by atoms with Crippen molar-refractivity contribution in [2.24, 2.45) is 0 Å². The Morgan fingerprint density at radius 3 is 2.19 bits per heavy atom. The third-order valence-electron chi connectivity index (χ3n) is 4.56. The standard InChI is InChI=1S/C17H29N3O/c1-12(2)18-11-8-15-13(3)19-16(20-14(15)4)17(21-5)9-6-7-10-17/h12,18H,6-11H2,1-5H3. The lowest BCUT2D eigenvalue weighted by molar-refractivity contribution is -0.0166. The molecule has 0 atom stereocenters. The Balaban J connectivity index is 2.20. The second-order valence-electron chi connectivity index (χ2n) is 6.46. The number of methoxy groups -OCH3 is 1. The number of hydrogen-bond acceptors (Lipinski definition) is 4. The Bertz CT molecular complexity index is 456. The Morgan fingerprint density at radius 2 is 1.71 bits per heavy atom. The summed E-state index contributed by atoms with van der Waals surface area (Å²) in [5, 5.41) is 3.46. The third kappa shape index (κ3) is 3.61. The number of nitrogens with one attached hydrogen (secondary N) is 1. The van der Waals surface area contributed by atoms with Crippen molar-refractivity contribution in [3.8, 4) is 0 Å². The molecule has 1 aliphatic carbocycles. The van der Waals surface area contributed by atoms with Crippen molar-refractivity contribution < 1.29 is 4.74 Å². The van der Waals surface area contributed by atoms with Crippen molar-refractivity contribution in [2.45, 2.75) is 71.4 Å². The summed E-state index contributed by atoms with van der Waals surface area (Å²) in [6.07, 6.45) is 5.47. The van der Waals surface area contributed by atoms with Gasteiger partial charge < -0.3 is 10.1 Å². The van der Waals surface area contributed by atoms with E-state index in [2.05, 4.69) is 33.0 Å². The molecule has 0 radical (unpaired) electrons. The first-order valence-corrected chi connectivity index (χ1v) is 8.11. The Hall–Kier alpha value is -1.00. The molecular formula is C17H29N3O. The minimum Gasteiger partial charge on any atom is -0.370 e. The zero-order valence-corrected chi connectivity index (χ0v) is 14.1. The van der Waals surface area contributed by atoms with Gasteiger partial charge in [-0.25, -0.2) is 9.97 Å². The van der Waals surface area contributed by atoms with Gasteiger partial charge in [0.2, 0.25) is 0 Å². The molecule has 1 aromatic rings. The highest BCUT2D eigenvalue weighted by molar-refractivity contribution is 5.26. The molecule has 0 spiro atoms. The third-order valence-corrected chi connectivity index (χ3v) is 4.56. The highest BCUT2D eigenvalue weighted by Crippen LogP contribution is 2.40. The minimum absolute atomic E-state index is 0.246. The van der Waals surface area contributed by atoms with Crippen LogP contribution in [0.25, 0.3) is 0 Å². The summed E-state index contributed by atoms with van der Waals surface area (Å²) in [4.78, 5) is 9.59. The van der Waals surface area contributed by atoms with Crippen LogP contribution in [0.2, 0.25) is 0 Å². The number of aryl methyl sites for hydroxylation is 2. The normalized spacial score (nSPS) is 17.6. The summed E-state index contributed by atoms with van der Waals surface area (Å²) in [5.74, 6) is 0.887. The van der Waals surface area contributed by atoms with Crippen LogP contribution in [0.1, 0.15) is 62.3 Å². The fraction of sp³-hybridized carbons (Fsp3) is 0.765. The predicted octanol–water partition coefficient (Wildman–Crippen LogP) is 3.05. The Morgan fingerprint density at radius 1 is 1.14 bits per heavy atom. The molecule has 118 valence electrons. The van der Waals surface area contributed by atoms with Crippen molar-refractivity contribution in [3.63, 3.8) is 0 Å². The predicted molar refractivity (Wildman–Crippen MR) is 85.5 cm³/mol. The first kappa shape index (κ1) is 16.4. The summed E-state index contributed by atoms with van der Waals surface area (Å²) < 4.78 is 5.81. The van der Waals surface area contributed by atoms with E-state index in [1.807, 2.05) is 0 Å². The van der Waals surface area contributed by atoms with Crippen LogP contribution < -0.4 is 5.32 Å². The largest absolute Gasteiger partial charge is 0.370 e. The fourth-order valence-electron chi connectivity index (χ4n) is 3.26. The zero-order valence-electron chi connectivity index (χ0n) is 14.1. The number of rotatable bonds is 6. The molecule has 0 saturated heterocycles. The minimum atomic E-state index is -0.246. The van der Waals surface area contributed by atoms with Crippen LogP contribution in [0.5, 0.6) is 0 Å². The van der Waals surface area contributed by atoms with E-state index in [-0.39, 0.29) is 5.60 Å². The maximum Gasteiger partial charge on any atom is 0.160 e. The van der Waals surface area contributed by atoms with E-state index in [1.165, 1.54) is 18.4 Å². The number of ether oxygens (including phenoxy) is 1. The van der Waals surface area contributed by atoms with Crippen LogP contribution in [0.3, 0.4) is 0 Å². The molecule has 0 bridgehead atoms. The van der Waals surface area contributed by atoms with Gasteiger partial charge in [0.15, 0.2) is 5.82 Å². The Kier molecular flexibility index (Phi) is 5.33. The molecule has 4 nitrogen and oxygen atoms in total. The molecule has 1 N–H and O–H groups in total. The van der Waals surface area contributed by atoms with E-state index in [4.69, 9.17) is 14.7 Å². The van der Waals surface area contributed by atoms with Crippen molar-refractivity contribution in [1.82, 2.24) is 15.3 Å². The zero-order chi connectivity index (χ0) is 15.5. The van der Waals surface area contributed by atoms with E-state index in [9.17, 15) is 0 Å². The molecule has 1 aromatic heterocycles. The van der Waals surface area contributed by atoms with Crippen LogP contribution in [-0.4, -0.2) is 29.7 Å². The first-order chi connectivity index (χ1) is 9.98. The summed E-state index contributed by atoms with van der Waals surface area (Å²) in [7, 11) is 1.79. The highest BCUT2D eigenvalue weighted by Gasteiger charge is 2.38. The van der Waals surface area contributed by atoms with Crippen molar-refractivity contribution in [2.75, 3.05) is 13.7 Å². The van der Waals surface area contributed by atoms with Crippen molar-refractivity contribution in [1.29, 1.82) is 0 Å². The molecule has 1 aliphatic rings. The molecule has 1 heterocycles. The molecule has 1 saturated carbocycles. The van der Waals surface area contributed by atoms with Gasteiger partial charge in [0.1, 0.15) is 5.60 Å². The van der Waals surface area contributed by atoms with Gasteiger partial charge in [-0.1, -0.05) is 13.8 Å². The summed E-state index contributed by atoms with van der Waals surface area (Å²) in [6, 6.07) is 0.515. The van der Waals surface area contributed by atoms with Gasteiger partial charge in [0, 0.05) is 24.5 Å². The van der Waals surface area contributed by atoms with Crippen LogP contribution in [0.4, 0.5) is 0 Å². The topological polar surface area (TPSA) is 47.0 Å². The lowest BCUT2D eigenvalue weighted by atomic mass is 9.99. The second kappa shape index (κ2) is 6.84. The maximum absolute atomic E-state index is 5.81. The van der Waals surface area contributed by atoms with E-state index >= 15 is 0 Å². The molecule has 1 fully saturated rings. The first-order valence-electron chi connectivity index (χ1n) is 8.11. The highest BCUT2D eigenvalue weighted by atomic mass is 16.5. The Labute approximate surface area is 128 Å². The monoisotopic (exact) mass is 291 g/mol. The van der Waals surface area contributed by atoms with Crippen LogP contribution in [0, 0.1) is 13.8 Å². The number of aromatic nitrogens is 2. The summed E-state index contributed by atoms with van der Waals surface area (Å²) >= 11 is 0. The van der Waals surface area contributed by atoms with Crippen molar-refractivity contribution >= 4 is 0 Å². The van der Waals surface area contributed by atoms with Gasteiger partial charge in [0.05, 0.1) is 0 Å². The summed E-state index contributed by atoms with van der Waals surface area (Å²) in [5.41, 5.74) is 3.23. The van der Waals surface area contributed by atoms with E-state index in [0.29, 0.717) is 6.04 Å². The smallest absolute Gasteiger partial charge is 0.160 e. The van der Waals surface area contributed by atoms with Crippen LogP contribution in [0.15, 0.2) is 0 Å². The van der Waals surface area contributed by atoms with Gasteiger partial charge in [-0.2, -0.15) is 0 Å². The van der Waals surface area contributed by atoms with Crippen molar-refractivity contribution in [3.05, 3.63) is 22.8 Å². The van der Waals surface area contributed by atoms with Crippen LogP contribution >= 0.6 is 0 Å². The van der Waals surface area contributed by atoms with E-state index in [0.717, 1.165) is 43.0 Å². The molecular weight excluding hydrogens is 262 g/mol. The van der Waals surface area contributed by atoms with E-state index < -0.39 is 0 Å². The van der Waals surface area contributed by atoms with Gasteiger partial charge in [-0.05, 0) is 58.1 Å². The lowest BCUT2D eigenvalue weighted by Crippen LogP contribution is -2.29. The molecule has 2 rings (SSSR count). The maximum atomic E-state index is 5.81. The van der Waals surface area contributed by atoms with Gasteiger partial charge >= 0.3 is 0 Å².